The predicted octanol–water partition coefficient (Wildman–Crippen LogP) is -1.21. The van der Waals surface area contributed by atoms with Crippen molar-refractivity contribution in [2.75, 3.05) is 10.6 Å². The molecule has 0 bridgehead atoms. The fourth-order valence-electron chi connectivity index (χ4n) is 2.41. The van der Waals surface area contributed by atoms with Gasteiger partial charge < -0.3 is 30.7 Å². The Labute approximate surface area is 157 Å². The van der Waals surface area contributed by atoms with Crippen molar-refractivity contribution in [2.45, 2.75) is 19.3 Å². The summed E-state index contributed by atoms with van der Waals surface area (Å²) in [5.74, 6) is -0.587. The molecule has 2 rings (SSSR count). The second kappa shape index (κ2) is 9.89. The highest BCUT2D eigenvalue weighted by atomic mass is 16.4. The lowest BCUT2D eigenvalue weighted by molar-refractivity contribution is -0.117. The molecule has 0 spiro atoms. The Bertz CT molecular complexity index is 735. The van der Waals surface area contributed by atoms with Crippen molar-refractivity contribution >= 4 is 48.4 Å². The van der Waals surface area contributed by atoms with Crippen LogP contribution < -0.4 is 21.6 Å². The molecule has 6 N–H and O–H groups in total. The van der Waals surface area contributed by atoms with E-state index in [-0.39, 0.29) is 35.6 Å². The van der Waals surface area contributed by atoms with Gasteiger partial charge in [-0.2, -0.15) is 0 Å². The lowest BCUT2D eigenvalue weighted by Gasteiger charge is -2.08. The molecule has 0 unspecified atom stereocenters. The maximum atomic E-state index is 11.9. The maximum Gasteiger partial charge on any atom is 0.488 e. The third-order valence-electron chi connectivity index (χ3n) is 3.74. The van der Waals surface area contributed by atoms with Crippen LogP contribution in [0.15, 0.2) is 48.5 Å². The van der Waals surface area contributed by atoms with Gasteiger partial charge in [-0.15, -0.1) is 0 Å². The average Bonchev–Trinajstić information content (AvgIpc) is 2.62. The molecule has 0 atom stereocenters. The molecular weight excluding hydrogens is 350 g/mol. The van der Waals surface area contributed by atoms with Gasteiger partial charge in [0.1, 0.15) is 0 Å². The third kappa shape index (κ3) is 6.87. The zero-order valence-electron chi connectivity index (χ0n) is 14.5. The number of hydrogen-bond acceptors (Lipinski definition) is 6. The zero-order valence-corrected chi connectivity index (χ0v) is 14.5. The number of amides is 2. The largest absolute Gasteiger partial charge is 0.488 e. The first-order chi connectivity index (χ1) is 12.8. The van der Waals surface area contributed by atoms with E-state index in [0.717, 1.165) is 0 Å². The second-order valence-electron chi connectivity index (χ2n) is 5.95. The Balaban J connectivity index is 1.77. The van der Waals surface area contributed by atoms with E-state index < -0.39 is 14.2 Å². The van der Waals surface area contributed by atoms with Crippen molar-refractivity contribution in [3.63, 3.8) is 0 Å². The molecule has 0 fully saturated rings. The van der Waals surface area contributed by atoms with Gasteiger partial charge in [-0.25, -0.2) is 0 Å². The number of carbonyl (C=O) groups excluding carboxylic acids is 2. The monoisotopic (exact) mass is 370 g/mol. The van der Waals surface area contributed by atoms with E-state index >= 15 is 0 Å². The zero-order chi connectivity index (χ0) is 19.8. The van der Waals surface area contributed by atoms with E-state index in [9.17, 15) is 9.59 Å². The number of benzene rings is 2. The summed E-state index contributed by atoms with van der Waals surface area (Å²) < 4.78 is 0. The third-order valence-corrected chi connectivity index (χ3v) is 3.74. The fourth-order valence-corrected chi connectivity index (χ4v) is 2.41. The number of anilines is 2. The molecule has 0 radical (unpaired) electrons. The van der Waals surface area contributed by atoms with Crippen LogP contribution in [-0.4, -0.2) is 46.1 Å². The molecule has 2 aromatic carbocycles. The van der Waals surface area contributed by atoms with Crippen LogP contribution in [0.3, 0.4) is 0 Å². The molecule has 0 aromatic heterocycles. The Hall–Kier alpha value is -2.65. The minimum atomic E-state index is -1.61. The summed E-state index contributed by atoms with van der Waals surface area (Å²) >= 11 is 0. The molecule has 0 aliphatic rings. The van der Waals surface area contributed by atoms with Crippen LogP contribution in [0.25, 0.3) is 0 Å². The van der Waals surface area contributed by atoms with Gasteiger partial charge in [0.25, 0.3) is 0 Å². The van der Waals surface area contributed by atoms with Gasteiger partial charge in [-0.1, -0.05) is 24.3 Å². The van der Waals surface area contributed by atoms with Crippen molar-refractivity contribution in [3.8, 4) is 0 Å². The van der Waals surface area contributed by atoms with Crippen LogP contribution in [0.4, 0.5) is 11.4 Å². The molecular formula is C17H20B2N2O6. The molecule has 0 saturated heterocycles. The molecule has 2 aromatic rings. The minimum Gasteiger partial charge on any atom is -0.423 e. The highest BCUT2D eigenvalue weighted by Gasteiger charge is 2.13. The van der Waals surface area contributed by atoms with Gasteiger partial charge in [0, 0.05) is 24.2 Å². The van der Waals surface area contributed by atoms with Crippen LogP contribution in [0, 0.1) is 0 Å². The molecule has 2 amide bonds. The predicted molar refractivity (Wildman–Crippen MR) is 104 cm³/mol. The van der Waals surface area contributed by atoms with E-state index in [1.165, 1.54) is 24.3 Å². The molecule has 27 heavy (non-hydrogen) atoms. The van der Waals surface area contributed by atoms with Gasteiger partial charge in [-0.05, 0) is 41.6 Å². The summed E-state index contributed by atoms with van der Waals surface area (Å²) in [4.78, 5) is 23.9. The number of nitrogens with one attached hydrogen (secondary N) is 2. The molecule has 0 saturated carbocycles. The highest BCUT2D eigenvalue weighted by Crippen LogP contribution is 2.08. The van der Waals surface area contributed by atoms with E-state index in [0.29, 0.717) is 17.8 Å². The quantitative estimate of drug-likeness (QED) is 0.323. The summed E-state index contributed by atoms with van der Waals surface area (Å²) in [6.45, 7) is 0. The average molecular weight is 370 g/mol. The number of carbonyl (C=O) groups is 2. The SMILES string of the molecule is O=C(CCCC(=O)Nc1cccc(B(O)O)c1)Nc1cccc(B(O)O)c1. The Morgan fingerprint density at radius 1 is 0.741 bits per heavy atom. The lowest BCUT2D eigenvalue weighted by atomic mass is 9.80. The summed E-state index contributed by atoms with van der Waals surface area (Å²) in [5.41, 5.74) is 1.41. The molecule has 10 heteroatoms. The van der Waals surface area contributed by atoms with Crippen molar-refractivity contribution in [3.05, 3.63) is 48.5 Å². The standard InChI is InChI=1S/C17H20B2N2O6/c22-16(20-14-6-1-4-12(10-14)18(24)25)8-3-9-17(23)21-15-7-2-5-13(11-15)19(26)27/h1-2,4-7,10-11,24-27H,3,8-9H2,(H,20,22)(H,21,23). The summed E-state index contributed by atoms with van der Waals surface area (Å²) in [6, 6.07) is 12.4. The summed E-state index contributed by atoms with van der Waals surface area (Å²) in [5, 5.41) is 41.8. The van der Waals surface area contributed by atoms with Crippen molar-refractivity contribution < 1.29 is 29.7 Å². The normalized spacial score (nSPS) is 10.2. The molecule has 0 heterocycles. The van der Waals surface area contributed by atoms with Crippen molar-refractivity contribution in [2.24, 2.45) is 0 Å². The van der Waals surface area contributed by atoms with Crippen LogP contribution in [-0.2, 0) is 9.59 Å². The topological polar surface area (TPSA) is 139 Å². The van der Waals surface area contributed by atoms with Gasteiger partial charge in [0.2, 0.25) is 11.8 Å². The van der Waals surface area contributed by atoms with Crippen LogP contribution in [0.1, 0.15) is 19.3 Å². The Morgan fingerprint density at radius 2 is 1.15 bits per heavy atom. The summed E-state index contributed by atoms with van der Waals surface area (Å²) in [6.07, 6.45) is 0.561. The molecule has 0 aliphatic carbocycles. The van der Waals surface area contributed by atoms with E-state index in [2.05, 4.69) is 10.6 Å². The minimum absolute atomic E-state index is 0.120. The van der Waals surface area contributed by atoms with E-state index in [1.54, 1.807) is 24.3 Å². The molecule has 140 valence electrons. The first-order valence-corrected chi connectivity index (χ1v) is 8.37. The van der Waals surface area contributed by atoms with E-state index in [4.69, 9.17) is 20.1 Å². The van der Waals surface area contributed by atoms with E-state index in [1.807, 2.05) is 0 Å². The lowest BCUT2D eigenvalue weighted by Crippen LogP contribution is -2.30. The summed E-state index contributed by atoms with van der Waals surface area (Å²) in [7, 11) is -3.23. The van der Waals surface area contributed by atoms with Gasteiger partial charge >= 0.3 is 14.2 Å². The Morgan fingerprint density at radius 3 is 1.52 bits per heavy atom. The smallest absolute Gasteiger partial charge is 0.423 e. The van der Waals surface area contributed by atoms with Crippen LogP contribution in [0.5, 0.6) is 0 Å². The van der Waals surface area contributed by atoms with Gasteiger partial charge in [0.05, 0.1) is 0 Å². The van der Waals surface area contributed by atoms with Gasteiger partial charge in [0.15, 0.2) is 0 Å². The van der Waals surface area contributed by atoms with Crippen LogP contribution >= 0.6 is 0 Å². The fraction of sp³-hybridized carbons (Fsp3) is 0.176. The number of hydrogen-bond donors (Lipinski definition) is 6. The van der Waals surface area contributed by atoms with Crippen LogP contribution in [0.2, 0.25) is 0 Å². The second-order valence-corrected chi connectivity index (χ2v) is 5.95. The van der Waals surface area contributed by atoms with Crippen molar-refractivity contribution in [1.82, 2.24) is 0 Å². The van der Waals surface area contributed by atoms with Gasteiger partial charge in [-0.3, -0.25) is 9.59 Å². The molecule has 0 aliphatic heterocycles. The molecule has 8 nitrogen and oxygen atoms in total. The number of rotatable bonds is 8. The Kier molecular flexibility index (Phi) is 7.56. The highest BCUT2D eigenvalue weighted by molar-refractivity contribution is 6.59. The van der Waals surface area contributed by atoms with Crippen molar-refractivity contribution in [1.29, 1.82) is 0 Å². The first kappa shape index (κ1) is 20.7. The maximum absolute atomic E-state index is 11.9. The first-order valence-electron chi connectivity index (χ1n) is 8.37.